The molecule has 3 nitrogen and oxygen atoms in total. The highest BCUT2D eigenvalue weighted by molar-refractivity contribution is 7.18. The van der Waals surface area contributed by atoms with Crippen molar-refractivity contribution in [1.82, 2.24) is 0 Å². The first kappa shape index (κ1) is 12.5. The molecule has 0 amide bonds. The third kappa shape index (κ3) is 2.65. The van der Waals surface area contributed by atoms with E-state index in [0.29, 0.717) is 4.88 Å². The van der Waals surface area contributed by atoms with E-state index in [-0.39, 0.29) is 6.61 Å². The lowest BCUT2D eigenvalue weighted by Crippen LogP contribution is -2.16. The molecule has 0 saturated carbocycles. The van der Waals surface area contributed by atoms with Gasteiger partial charge in [0.05, 0.1) is 11.5 Å². The van der Waals surface area contributed by atoms with Gasteiger partial charge in [-0.05, 0) is 24.6 Å². The number of benzene rings is 1. The van der Waals surface area contributed by atoms with Crippen LogP contribution in [0.4, 0.5) is 0 Å². The van der Waals surface area contributed by atoms with Crippen LogP contribution in [0.5, 0.6) is 0 Å². The van der Waals surface area contributed by atoms with Gasteiger partial charge in [0.15, 0.2) is 0 Å². The molecule has 2 aromatic rings. The number of hydrogen-bond acceptors (Lipinski definition) is 4. The molecule has 2 rings (SSSR count). The van der Waals surface area contributed by atoms with E-state index in [0.717, 1.165) is 10.4 Å². The smallest absolute Gasteiger partial charge is 0.380 e. The summed E-state index contributed by atoms with van der Waals surface area (Å²) in [5.74, 6) is -1.37. The first-order valence-electron chi connectivity index (χ1n) is 5.59. The Morgan fingerprint density at radius 3 is 2.50 bits per heavy atom. The van der Waals surface area contributed by atoms with Crippen molar-refractivity contribution < 1.29 is 14.3 Å². The molecule has 0 aliphatic carbocycles. The highest BCUT2D eigenvalue weighted by Crippen LogP contribution is 2.28. The Bertz CT molecular complexity index is 557. The summed E-state index contributed by atoms with van der Waals surface area (Å²) >= 11 is 1.30. The number of ether oxygens (including phenoxy) is 1. The number of thiophene rings is 1. The summed E-state index contributed by atoms with van der Waals surface area (Å²) in [4.78, 5) is 24.4. The van der Waals surface area contributed by atoms with Crippen LogP contribution in [0.1, 0.15) is 16.6 Å². The van der Waals surface area contributed by atoms with Crippen molar-refractivity contribution in [3.8, 4) is 10.4 Å². The van der Waals surface area contributed by atoms with Crippen molar-refractivity contribution in [2.75, 3.05) is 6.61 Å². The van der Waals surface area contributed by atoms with Crippen LogP contribution in [-0.4, -0.2) is 18.4 Å². The van der Waals surface area contributed by atoms with Gasteiger partial charge in [0.1, 0.15) is 0 Å². The molecule has 0 bridgehead atoms. The van der Waals surface area contributed by atoms with Gasteiger partial charge in [-0.15, -0.1) is 11.3 Å². The van der Waals surface area contributed by atoms with Crippen molar-refractivity contribution in [1.29, 1.82) is 0 Å². The minimum absolute atomic E-state index is 0.210. The lowest BCUT2D eigenvalue weighted by atomic mass is 10.2. The molecule has 0 aliphatic heterocycles. The Kier molecular flexibility index (Phi) is 3.89. The molecule has 0 spiro atoms. The quantitative estimate of drug-likeness (QED) is 0.482. The first-order chi connectivity index (χ1) is 8.72. The second-order valence-electron chi connectivity index (χ2n) is 3.58. The molecule has 92 valence electrons. The summed E-state index contributed by atoms with van der Waals surface area (Å²) < 4.78 is 4.69. The van der Waals surface area contributed by atoms with Gasteiger partial charge in [0.2, 0.25) is 0 Å². The molecule has 0 aliphatic rings. The van der Waals surface area contributed by atoms with Crippen LogP contribution < -0.4 is 0 Å². The molecule has 1 aromatic carbocycles. The molecule has 0 atom stereocenters. The van der Waals surface area contributed by atoms with Gasteiger partial charge in [-0.2, -0.15) is 0 Å². The summed E-state index contributed by atoms with van der Waals surface area (Å²) in [6.07, 6.45) is 0. The van der Waals surface area contributed by atoms with Crippen LogP contribution in [-0.2, 0) is 9.53 Å². The molecule has 0 unspecified atom stereocenters. The van der Waals surface area contributed by atoms with Gasteiger partial charge in [-0.1, -0.05) is 30.3 Å². The average molecular weight is 260 g/mol. The topological polar surface area (TPSA) is 43.4 Å². The fourth-order valence-corrected chi connectivity index (χ4v) is 2.45. The molecule has 0 saturated heterocycles. The van der Waals surface area contributed by atoms with E-state index < -0.39 is 11.8 Å². The lowest BCUT2D eigenvalue weighted by molar-refractivity contribution is -0.137. The lowest BCUT2D eigenvalue weighted by Gasteiger charge is -1.98. The minimum atomic E-state index is -0.793. The van der Waals surface area contributed by atoms with Crippen LogP contribution in [0, 0.1) is 0 Å². The number of ketones is 1. The van der Waals surface area contributed by atoms with Gasteiger partial charge in [-0.25, -0.2) is 4.79 Å². The van der Waals surface area contributed by atoms with Crippen molar-refractivity contribution in [3.63, 3.8) is 0 Å². The van der Waals surface area contributed by atoms with Crippen LogP contribution in [0.15, 0.2) is 42.5 Å². The Labute approximate surface area is 109 Å². The molecule has 1 aromatic heterocycles. The van der Waals surface area contributed by atoms with Gasteiger partial charge >= 0.3 is 5.97 Å². The highest BCUT2D eigenvalue weighted by atomic mass is 32.1. The summed E-state index contributed by atoms with van der Waals surface area (Å²) in [5.41, 5.74) is 1.03. The minimum Gasteiger partial charge on any atom is -0.460 e. The second-order valence-corrected chi connectivity index (χ2v) is 4.66. The maximum atomic E-state index is 11.7. The normalized spacial score (nSPS) is 10.1. The number of hydrogen-bond donors (Lipinski definition) is 0. The summed E-state index contributed by atoms with van der Waals surface area (Å²) in [6.45, 7) is 1.89. The maximum Gasteiger partial charge on any atom is 0.380 e. The molecule has 18 heavy (non-hydrogen) atoms. The maximum absolute atomic E-state index is 11.7. The third-order valence-electron chi connectivity index (χ3n) is 2.35. The molecule has 0 fully saturated rings. The molecular weight excluding hydrogens is 248 g/mol. The van der Waals surface area contributed by atoms with Crippen molar-refractivity contribution in [2.45, 2.75) is 6.92 Å². The van der Waals surface area contributed by atoms with E-state index >= 15 is 0 Å². The van der Waals surface area contributed by atoms with Crippen molar-refractivity contribution in [3.05, 3.63) is 47.3 Å². The summed E-state index contributed by atoms with van der Waals surface area (Å²) in [7, 11) is 0. The Morgan fingerprint density at radius 1 is 1.11 bits per heavy atom. The van der Waals surface area contributed by atoms with E-state index in [9.17, 15) is 9.59 Å². The van der Waals surface area contributed by atoms with Crippen LogP contribution >= 0.6 is 11.3 Å². The standard InChI is InChI=1S/C14H12O3S/c1-2-17-14(16)13(15)12-9-8-11(18-12)10-6-4-3-5-7-10/h3-9H,2H2,1H3. The number of carbonyl (C=O) groups excluding carboxylic acids is 2. The monoisotopic (exact) mass is 260 g/mol. The molecule has 4 heteroatoms. The molecule has 1 heterocycles. The average Bonchev–Trinajstić information content (AvgIpc) is 2.89. The van der Waals surface area contributed by atoms with E-state index in [4.69, 9.17) is 4.74 Å². The van der Waals surface area contributed by atoms with E-state index in [1.54, 1.807) is 13.0 Å². The zero-order valence-electron chi connectivity index (χ0n) is 9.88. The Hall–Kier alpha value is -1.94. The Morgan fingerprint density at radius 2 is 1.83 bits per heavy atom. The summed E-state index contributed by atoms with van der Waals surface area (Å²) in [6, 6.07) is 13.2. The zero-order valence-corrected chi connectivity index (χ0v) is 10.7. The summed E-state index contributed by atoms with van der Waals surface area (Å²) in [5, 5.41) is 0. The number of esters is 1. The molecular formula is C14H12O3S. The number of carbonyl (C=O) groups is 2. The van der Waals surface area contributed by atoms with Gasteiger partial charge in [0.25, 0.3) is 5.78 Å². The SMILES string of the molecule is CCOC(=O)C(=O)c1ccc(-c2ccccc2)s1. The largest absolute Gasteiger partial charge is 0.460 e. The van der Waals surface area contributed by atoms with Gasteiger partial charge in [-0.3, -0.25) is 4.79 Å². The second kappa shape index (κ2) is 5.60. The van der Waals surface area contributed by atoms with Crippen LogP contribution in [0.3, 0.4) is 0 Å². The van der Waals surface area contributed by atoms with E-state index in [1.165, 1.54) is 11.3 Å². The predicted octanol–water partition coefficient (Wildman–Crippen LogP) is 3.16. The van der Waals surface area contributed by atoms with Gasteiger partial charge in [0, 0.05) is 4.88 Å². The first-order valence-corrected chi connectivity index (χ1v) is 6.40. The highest BCUT2D eigenvalue weighted by Gasteiger charge is 2.19. The number of Topliss-reactive ketones (excluding diaryl/α,β-unsaturated/α-hetero) is 1. The van der Waals surface area contributed by atoms with E-state index in [1.807, 2.05) is 36.4 Å². The van der Waals surface area contributed by atoms with Crippen molar-refractivity contribution in [2.24, 2.45) is 0 Å². The zero-order chi connectivity index (χ0) is 13.0. The number of rotatable bonds is 4. The van der Waals surface area contributed by atoms with E-state index in [2.05, 4.69) is 0 Å². The Balaban J connectivity index is 2.21. The molecule has 0 N–H and O–H groups in total. The predicted molar refractivity (Wildman–Crippen MR) is 70.7 cm³/mol. The fraction of sp³-hybridized carbons (Fsp3) is 0.143. The van der Waals surface area contributed by atoms with Gasteiger partial charge < -0.3 is 4.74 Å². The third-order valence-corrected chi connectivity index (χ3v) is 3.48. The van der Waals surface area contributed by atoms with Crippen LogP contribution in [0.2, 0.25) is 0 Å². The molecule has 0 radical (unpaired) electrons. The fourth-order valence-electron chi connectivity index (χ4n) is 1.51. The van der Waals surface area contributed by atoms with Crippen LogP contribution in [0.25, 0.3) is 10.4 Å². The van der Waals surface area contributed by atoms with Crippen molar-refractivity contribution >= 4 is 23.1 Å².